The number of aryl methyl sites for hydroxylation is 1. The molecule has 0 aliphatic carbocycles. The van der Waals surface area contributed by atoms with Gasteiger partial charge in [0.25, 0.3) is 0 Å². The average molecular weight is 508 g/mol. The first-order valence-corrected chi connectivity index (χ1v) is 13.7. The fourth-order valence-corrected chi connectivity index (χ4v) is 4.73. The SMILES string of the molecule is CCCNC(=O)[C@@H](CC)N(Cc1ccc(Cl)cc1)C(=O)CN(c1ccccc1CC)S(C)(=O)=O. The molecule has 1 N–H and O–H groups in total. The van der Waals surface area contributed by atoms with Gasteiger partial charge >= 0.3 is 0 Å². The second-order valence-electron chi connectivity index (χ2n) is 8.12. The lowest BCUT2D eigenvalue weighted by Crippen LogP contribution is -2.52. The lowest BCUT2D eigenvalue weighted by atomic mass is 10.1. The van der Waals surface area contributed by atoms with E-state index in [0.717, 1.165) is 28.1 Å². The summed E-state index contributed by atoms with van der Waals surface area (Å²) in [7, 11) is -3.76. The van der Waals surface area contributed by atoms with Crippen molar-refractivity contribution in [2.75, 3.05) is 23.7 Å². The van der Waals surface area contributed by atoms with Crippen molar-refractivity contribution in [1.82, 2.24) is 10.2 Å². The maximum absolute atomic E-state index is 13.6. The lowest BCUT2D eigenvalue weighted by Gasteiger charge is -2.33. The molecule has 34 heavy (non-hydrogen) atoms. The standard InChI is InChI=1S/C25H34ClN3O4S/c1-5-16-27-25(31)22(7-3)28(17-19-12-14-21(26)15-13-19)24(30)18-29(34(4,32)33)23-11-9-8-10-20(23)6-2/h8-15,22H,5-7,16-18H2,1-4H3,(H,27,31)/t22-/m1/s1. The highest BCUT2D eigenvalue weighted by Gasteiger charge is 2.32. The van der Waals surface area contributed by atoms with Crippen molar-refractivity contribution in [3.63, 3.8) is 0 Å². The van der Waals surface area contributed by atoms with Gasteiger partial charge in [-0.05, 0) is 48.6 Å². The first kappa shape index (κ1) is 27.7. The highest BCUT2D eigenvalue weighted by molar-refractivity contribution is 7.92. The molecule has 0 bridgehead atoms. The van der Waals surface area contributed by atoms with Crippen LogP contribution in [0.15, 0.2) is 48.5 Å². The predicted molar refractivity (Wildman–Crippen MR) is 137 cm³/mol. The number of carbonyl (C=O) groups excluding carboxylic acids is 2. The zero-order chi connectivity index (χ0) is 25.3. The number of nitrogens with one attached hydrogen (secondary N) is 1. The Bertz CT molecular complexity index is 1070. The Morgan fingerprint density at radius 2 is 1.68 bits per heavy atom. The second kappa shape index (κ2) is 12.8. The van der Waals surface area contributed by atoms with Crippen LogP contribution in [0.3, 0.4) is 0 Å². The van der Waals surface area contributed by atoms with Crippen LogP contribution in [0, 0.1) is 0 Å². The van der Waals surface area contributed by atoms with Crippen molar-refractivity contribution in [1.29, 1.82) is 0 Å². The summed E-state index contributed by atoms with van der Waals surface area (Å²) in [5, 5.41) is 3.42. The highest BCUT2D eigenvalue weighted by Crippen LogP contribution is 2.24. The third-order valence-electron chi connectivity index (χ3n) is 5.52. The van der Waals surface area contributed by atoms with Gasteiger partial charge in [-0.15, -0.1) is 0 Å². The Morgan fingerprint density at radius 1 is 1.03 bits per heavy atom. The first-order valence-electron chi connectivity index (χ1n) is 11.5. The van der Waals surface area contributed by atoms with Crippen LogP contribution < -0.4 is 9.62 Å². The van der Waals surface area contributed by atoms with Crippen molar-refractivity contribution in [2.45, 2.75) is 52.6 Å². The highest BCUT2D eigenvalue weighted by atomic mass is 35.5. The Kier molecular flexibility index (Phi) is 10.4. The number of carbonyl (C=O) groups is 2. The molecular formula is C25H34ClN3O4S. The molecule has 0 saturated carbocycles. The first-order chi connectivity index (χ1) is 16.1. The van der Waals surface area contributed by atoms with E-state index in [4.69, 9.17) is 11.6 Å². The molecule has 2 amide bonds. The fraction of sp³-hybridized carbons (Fsp3) is 0.440. The minimum atomic E-state index is -3.76. The molecule has 7 nitrogen and oxygen atoms in total. The number of hydrogen-bond acceptors (Lipinski definition) is 4. The van der Waals surface area contributed by atoms with Gasteiger partial charge in [-0.1, -0.05) is 62.7 Å². The Hall–Kier alpha value is -2.58. The van der Waals surface area contributed by atoms with Gasteiger partial charge in [0.05, 0.1) is 11.9 Å². The van der Waals surface area contributed by atoms with Gasteiger partial charge in [0.15, 0.2) is 0 Å². The molecule has 0 unspecified atom stereocenters. The third-order valence-corrected chi connectivity index (χ3v) is 6.90. The summed E-state index contributed by atoms with van der Waals surface area (Å²) in [4.78, 5) is 28.0. The van der Waals surface area contributed by atoms with Crippen LogP contribution in [-0.4, -0.2) is 50.5 Å². The summed E-state index contributed by atoms with van der Waals surface area (Å²) in [5.41, 5.74) is 2.08. The van der Waals surface area contributed by atoms with E-state index in [1.54, 1.807) is 36.4 Å². The molecule has 0 radical (unpaired) electrons. The summed E-state index contributed by atoms with van der Waals surface area (Å²) in [6, 6.07) is 13.4. The van der Waals surface area contributed by atoms with Crippen molar-refractivity contribution in [3.05, 3.63) is 64.7 Å². The van der Waals surface area contributed by atoms with Crippen molar-refractivity contribution >= 4 is 39.1 Å². The van der Waals surface area contributed by atoms with Crippen LogP contribution in [0.5, 0.6) is 0 Å². The monoisotopic (exact) mass is 507 g/mol. The van der Waals surface area contributed by atoms with Gasteiger partial charge in [-0.25, -0.2) is 8.42 Å². The van der Waals surface area contributed by atoms with E-state index >= 15 is 0 Å². The van der Waals surface area contributed by atoms with Crippen molar-refractivity contribution < 1.29 is 18.0 Å². The predicted octanol–water partition coefficient (Wildman–Crippen LogP) is 4.00. The van der Waals surface area contributed by atoms with E-state index in [9.17, 15) is 18.0 Å². The van der Waals surface area contributed by atoms with Gasteiger partial charge in [-0.3, -0.25) is 13.9 Å². The van der Waals surface area contributed by atoms with Crippen LogP contribution in [0.1, 0.15) is 44.7 Å². The smallest absolute Gasteiger partial charge is 0.244 e. The molecule has 0 spiro atoms. The van der Waals surface area contributed by atoms with E-state index in [2.05, 4.69) is 5.32 Å². The van der Waals surface area contributed by atoms with E-state index in [1.165, 1.54) is 4.90 Å². The van der Waals surface area contributed by atoms with Crippen LogP contribution in [0.25, 0.3) is 0 Å². The lowest BCUT2D eigenvalue weighted by molar-refractivity contribution is -0.140. The van der Waals surface area contributed by atoms with E-state index in [1.807, 2.05) is 32.9 Å². The average Bonchev–Trinajstić information content (AvgIpc) is 2.81. The summed E-state index contributed by atoms with van der Waals surface area (Å²) in [6.45, 7) is 5.96. The molecule has 0 fully saturated rings. The number of para-hydroxylation sites is 1. The van der Waals surface area contributed by atoms with Crippen LogP contribution >= 0.6 is 11.6 Å². The summed E-state index contributed by atoms with van der Waals surface area (Å²) in [5.74, 6) is -0.712. The zero-order valence-corrected chi connectivity index (χ0v) is 21.8. The molecule has 2 aromatic rings. The number of anilines is 1. The minimum Gasteiger partial charge on any atom is -0.354 e. The van der Waals surface area contributed by atoms with E-state index in [0.29, 0.717) is 30.1 Å². The number of rotatable bonds is 12. The molecule has 0 aliphatic heterocycles. The summed E-state index contributed by atoms with van der Waals surface area (Å²) in [6.07, 6.45) is 2.85. The van der Waals surface area contributed by atoms with Crippen LogP contribution in [0.2, 0.25) is 5.02 Å². The van der Waals surface area contributed by atoms with Gasteiger partial charge in [0.2, 0.25) is 21.8 Å². The largest absolute Gasteiger partial charge is 0.354 e. The number of amides is 2. The number of nitrogens with zero attached hydrogens (tertiary/aromatic N) is 2. The Labute approximate surface area is 208 Å². The zero-order valence-electron chi connectivity index (χ0n) is 20.3. The van der Waals surface area contributed by atoms with E-state index < -0.39 is 28.5 Å². The van der Waals surface area contributed by atoms with Crippen LogP contribution in [0.4, 0.5) is 5.69 Å². The number of halogens is 1. The Morgan fingerprint density at radius 3 is 2.24 bits per heavy atom. The molecule has 0 aliphatic rings. The normalized spacial score (nSPS) is 12.1. The topological polar surface area (TPSA) is 86.8 Å². The number of benzene rings is 2. The maximum atomic E-state index is 13.6. The van der Waals surface area contributed by atoms with Crippen molar-refractivity contribution in [2.24, 2.45) is 0 Å². The molecule has 0 heterocycles. The van der Waals surface area contributed by atoms with Gasteiger partial charge in [-0.2, -0.15) is 0 Å². The fourth-order valence-electron chi connectivity index (χ4n) is 3.72. The second-order valence-corrected chi connectivity index (χ2v) is 10.5. The molecule has 0 saturated heterocycles. The summed E-state index contributed by atoms with van der Waals surface area (Å²) < 4.78 is 26.6. The van der Waals surface area contributed by atoms with Gasteiger partial charge in [0, 0.05) is 18.1 Å². The van der Waals surface area contributed by atoms with E-state index in [-0.39, 0.29) is 12.5 Å². The molecule has 2 aromatic carbocycles. The molecular weight excluding hydrogens is 474 g/mol. The number of sulfonamides is 1. The summed E-state index contributed by atoms with van der Waals surface area (Å²) >= 11 is 6.01. The quantitative estimate of drug-likeness (QED) is 0.470. The van der Waals surface area contributed by atoms with Gasteiger partial charge in [0.1, 0.15) is 12.6 Å². The molecule has 9 heteroatoms. The van der Waals surface area contributed by atoms with Crippen LogP contribution in [-0.2, 0) is 32.6 Å². The minimum absolute atomic E-state index is 0.154. The third kappa shape index (κ3) is 7.46. The molecule has 0 aromatic heterocycles. The molecule has 186 valence electrons. The molecule has 1 atom stereocenters. The molecule has 2 rings (SSSR count). The van der Waals surface area contributed by atoms with Crippen molar-refractivity contribution in [3.8, 4) is 0 Å². The Balaban J connectivity index is 2.45. The number of hydrogen-bond donors (Lipinski definition) is 1. The maximum Gasteiger partial charge on any atom is 0.244 e. The van der Waals surface area contributed by atoms with Gasteiger partial charge < -0.3 is 10.2 Å².